The number of aromatic nitrogens is 2. The van der Waals surface area contributed by atoms with Crippen LogP contribution in [0.4, 0.5) is 5.82 Å². The van der Waals surface area contributed by atoms with Crippen LogP contribution in [-0.4, -0.2) is 28.7 Å². The molecule has 0 spiro atoms. The molecule has 98 valence electrons. The number of halogens is 1. The van der Waals surface area contributed by atoms with Crippen LogP contribution < -0.4 is 5.32 Å². The van der Waals surface area contributed by atoms with Crippen molar-refractivity contribution in [2.45, 2.75) is 32.9 Å². The maximum Gasteiger partial charge on any atom is 0.224 e. The highest BCUT2D eigenvalue weighted by molar-refractivity contribution is 6.28. The maximum atomic E-state index is 9.12. The summed E-state index contributed by atoms with van der Waals surface area (Å²) in [5, 5.41) is 12.2. The molecule has 1 aromatic rings. The van der Waals surface area contributed by atoms with E-state index in [9.17, 15) is 0 Å². The molecular formula is C12H17ClN4O. The Morgan fingerprint density at radius 3 is 2.78 bits per heavy atom. The Hall–Kier alpha value is -1.38. The Labute approximate surface area is 112 Å². The fraction of sp³-hybridized carbons (Fsp3) is 0.583. The van der Waals surface area contributed by atoms with Crippen LogP contribution in [0.1, 0.15) is 20.8 Å². The van der Waals surface area contributed by atoms with Crippen molar-refractivity contribution in [3.8, 4) is 6.07 Å². The Balaban J connectivity index is 2.59. The van der Waals surface area contributed by atoms with E-state index in [0.29, 0.717) is 18.3 Å². The van der Waals surface area contributed by atoms with Crippen LogP contribution in [0.5, 0.6) is 0 Å². The topological polar surface area (TPSA) is 70.8 Å². The molecule has 6 heteroatoms. The summed E-state index contributed by atoms with van der Waals surface area (Å²) < 4.78 is 5.60. The smallest absolute Gasteiger partial charge is 0.224 e. The zero-order chi connectivity index (χ0) is 13.5. The fourth-order valence-electron chi connectivity index (χ4n) is 1.27. The molecule has 0 bridgehead atoms. The number of ether oxygens (including phenoxy) is 1. The molecule has 18 heavy (non-hydrogen) atoms. The third-order valence-electron chi connectivity index (χ3n) is 2.23. The summed E-state index contributed by atoms with van der Waals surface area (Å²) in [6.07, 6.45) is 1.30. The van der Waals surface area contributed by atoms with Gasteiger partial charge in [0.1, 0.15) is 11.9 Å². The highest BCUT2D eigenvalue weighted by atomic mass is 35.5. The number of hydrogen-bond acceptors (Lipinski definition) is 5. The molecule has 1 rings (SSSR count). The van der Waals surface area contributed by atoms with Gasteiger partial charge in [0.05, 0.1) is 12.2 Å². The molecule has 1 N–H and O–H groups in total. The molecule has 0 saturated heterocycles. The molecule has 0 amide bonds. The van der Waals surface area contributed by atoms with Gasteiger partial charge >= 0.3 is 0 Å². The molecule has 5 nitrogen and oxygen atoms in total. The second-order valence-electron chi connectivity index (χ2n) is 4.39. The number of nitriles is 1. The van der Waals surface area contributed by atoms with Gasteiger partial charge in [0.15, 0.2) is 0 Å². The lowest BCUT2D eigenvalue weighted by atomic mass is 10.2. The third-order valence-corrected chi connectivity index (χ3v) is 2.41. The third kappa shape index (κ3) is 4.86. The zero-order valence-corrected chi connectivity index (χ0v) is 11.5. The van der Waals surface area contributed by atoms with E-state index in [4.69, 9.17) is 21.6 Å². The van der Waals surface area contributed by atoms with E-state index in [1.165, 1.54) is 6.20 Å². The first-order valence-electron chi connectivity index (χ1n) is 5.79. The fourth-order valence-corrected chi connectivity index (χ4v) is 1.42. The SMILES string of the molecule is CC(C)CO[C@H](C)[C@@H](C#N)Nc1ccnc(Cl)n1. The number of nitrogens with one attached hydrogen (secondary N) is 1. The van der Waals surface area contributed by atoms with Gasteiger partial charge < -0.3 is 10.1 Å². The van der Waals surface area contributed by atoms with Crippen molar-refractivity contribution >= 4 is 17.4 Å². The summed E-state index contributed by atoms with van der Waals surface area (Å²) in [7, 11) is 0. The summed E-state index contributed by atoms with van der Waals surface area (Å²) in [4.78, 5) is 7.75. The Bertz CT molecular complexity index is 419. The van der Waals surface area contributed by atoms with Crippen LogP contribution in [0.2, 0.25) is 5.28 Å². The maximum absolute atomic E-state index is 9.12. The quantitative estimate of drug-likeness (QED) is 0.803. The average molecular weight is 269 g/mol. The monoisotopic (exact) mass is 268 g/mol. The summed E-state index contributed by atoms with van der Waals surface area (Å²) in [5.41, 5.74) is 0. The second kappa shape index (κ2) is 7.14. The number of anilines is 1. The lowest BCUT2D eigenvalue weighted by Gasteiger charge is -2.21. The summed E-state index contributed by atoms with van der Waals surface area (Å²) in [6.45, 7) is 6.59. The average Bonchev–Trinajstić information content (AvgIpc) is 2.33. The molecule has 0 radical (unpaired) electrons. The molecule has 0 aliphatic heterocycles. The molecule has 1 heterocycles. The second-order valence-corrected chi connectivity index (χ2v) is 4.73. The first-order chi connectivity index (χ1) is 8.52. The van der Waals surface area contributed by atoms with Gasteiger partial charge in [-0.05, 0) is 30.5 Å². The van der Waals surface area contributed by atoms with Gasteiger partial charge in [0, 0.05) is 12.8 Å². The molecule has 0 aliphatic rings. The van der Waals surface area contributed by atoms with Crippen LogP contribution in [0.15, 0.2) is 12.3 Å². The standard InChI is InChI=1S/C12H17ClN4O/c1-8(2)7-18-9(3)10(6-14)16-11-4-5-15-12(13)17-11/h4-5,8-10H,7H2,1-3H3,(H,15,16,17)/t9-,10-/m1/s1. The van der Waals surface area contributed by atoms with E-state index in [0.717, 1.165) is 0 Å². The van der Waals surface area contributed by atoms with Gasteiger partial charge in [0.25, 0.3) is 0 Å². The van der Waals surface area contributed by atoms with Crippen LogP contribution in [-0.2, 0) is 4.74 Å². The molecule has 0 saturated carbocycles. The van der Waals surface area contributed by atoms with Crippen LogP contribution >= 0.6 is 11.6 Å². The zero-order valence-electron chi connectivity index (χ0n) is 10.7. The summed E-state index contributed by atoms with van der Waals surface area (Å²) >= 11 is 5.68. The van der Waals surface area contributed by atoms with Crippen molar-refractivity contribution in [2.24, 2.45) is 5.92 Å². The molecule has 2 atom stereocenters. The van der Waals surface area contributed by atoms with Gasteiger partial charge in [-0.15, -0.1) is 0 Å². The number of rotatable bonds is 6. The largest absolute Gasteiger partial charge is 0.375 e. The minimum atomic E-state index is -0.477. The molecule has 1 aromatic heterocycles. The van der Waals surface area contributed by atoms with E-state index in [1.807, 2.05) is 6.92 Å². The lowest BCUT2D eigenvalue weighted by Crippen LogP contribution is -2.33. The molecule has 0 aliphatic carbocycles. The van der Waals surface area contributed by atoms with Gasteiger partial charge in [-0.1, -0.05) is 13.8 Å². The van der Waals surface area contributed by atoms with Crippen molar-refractivity contribution in [1.29, 1.82) is 5.26 Å². The summed E-state index contributed by atoms with van der Waals surface area (Å²) in [6, 6.07) is 3.33. The number of nitrogens with zero attached hydrogens (tertiary/aromatic N) is 3. The van der Waals surface area contributed by atoms with Crippen molar-refractivity contribution < 1.29 is 4.74 Å². The number of hydrogen-bond donors (Lipinski definition) is 1. The van der Waals surface area contributed by atoms with E-state index in [1.54, 1.807) is 6.07 Å². The predicted octanol–water partition coefficient (Wildman–Crippen LogP) is 2.50. The van der Waals surface area contributed by atoms with Gasteiger partial charge in [-0.3, -0.25) is 0 Å². The molecular weight excluding hydrogens is 252 g/mol. The van der Waals surface area contributed by atoms with Gasteiger partial charge in [0.2, 0.25) is 5.28 Å². The molecule has 0 unspecified atom stereocenters. The Morgan fingerprint density at radius 2 is 2.22 bits per heavy atom. The Kier molecular flexibility index (Phi) is 5.83. The minimum Gasteiger partial charge on any atom is -0.375 e. The first-order valence-corrected chi connectivity index (χ1v) is 6.17. The van der Waals surface area contributed by atoms with Crippen molar-refractivity contribution in [1.82, 2.24) is 9.97 Å². The molecule has 0 aromatic carbocycles. The van der Waals surface area contributed by atoms with Crippen LogP contribution in [0, 0.1) is 17.2 Å². The minimum absolute atomic E-state index is 0.146. The van der Waals surface area contributed by atoms with E-state index in [-0.39, 0.29) is 11.4 Å². The van der Waals surface area contributed by atoms with Crippen molar-refractivity contribution in [2.75, 3.05) is 11.9 Å². The van der Waals surface area contributed by atoms with Gasteiger partial charge in [-0.2, -0.15) is 5.26 Å². The van der Waals surface area contributed by atoms with E-state index < -0.39 is 6.04 Å². The normalized spacial score (nSPS) is 14.0. The Morgan fingerprint density at radius 1 is 1.50 bits per heavy atom. The summed E-state index contributed by atoms with van der Waals surface area (Å²) in [5.74, 6) is 0.946. The lowest BCUT2D eigenvalue weighted by molar-refractivity contribution is 0.0449. The van der Waals surface area contributed by atoms with Gasteiger partial charge in [-0.25, -0.2) is 9.97 Å². The highest BCUT2D eigenvalue weighted by Crippen LogP contribution is 2.11. The van der Waals surface area contributed by atoms with Crippen LogP contribution in [0.3, 0.4) is 0 Å². The van der Waals surface area contributed by atoms with Crippen molar-refractivity contribution in [3.05, 3.63) is 17.5 Å². The first kappa shape index (κ1) is 14.7. The van der Waals surface area contributed by atoms with E-state index >= 15 is 0 Å². The highest BCUT2D eigenvalue weighted by Gasteiger charge is 2.18. The predicted molar refractivity (Wildman–Crippen MR) is 70.3 cm³/mol. The molecule has 0 fully saturated rings. The van der Waals surface area contributed by atoms with E-state index in [2.05, 4.69) is 35.2 Å². The van der Waals surface area contributed by atoms with Crippen molar-refractivity contribution in [3.63, 3.8) is 0 Å². The van der Waals surface area contributed by atoms with Crippen LogP contribution in [0.25, 0.3) is 0 Å².